The summed E-state index contributed by atoms with van der Waals surface area (Å²) < 4.78 is 2.07. The second kappa shape index (κ2) is 3.70. The van der Waals surface area contributed by atoms with Gasteiger partial charge in [0.1, 0.15) is 12.7 Å². The Balaban J connectivity index is 2.32. The lowest BCUT2D eigenvalue weighted by atomic mass is 10.2. The van der Waals surface area contributed by atoms with Gasteiger partial charge < -0.3 is 0 Å². The average molecular weight is 224 g/mol. The molecule has 0 unspecified atom stereocenters. The van der Waals surface area contributed by atoms with Crippen LogP contribution in [-0.4, -0.2) is 9.90 Å². The van der Waals surface area contributed by atoms with Gasteiger partial charge >= 0.3 is 0 Å². The van der Waals surface area contributed by atoms with Gasteiger partial charge in [0, 0.05) is 0 Å². The summed E-state index contributed by atoms with van der Waals surface area (Å²) in [4.78, 5) is 1.94. The highest BCUT2D eigenvalue weighted by Crippen LogP contribution is 2.13. The Hall–Kier alpha value is -2.16. The highest BCUT2D eigenvalue weighted by atomic mass is 15.5. The maximum Gasteiger partial charge on any atom is 0.249 e. The summed E-state index contributed by atoms with van der Waals surface area (Å²) in [5.74, 6) is 0. The maximum absolute atomic E-state index is 4.62. The highest BCUT2D eigenvalue weighted by Gasteiger charge is 2.17. The van der Waals surface area contributed by atoms with Crippen molar-refractivity contribution in [3.63, 3.8) is 0 Å². The molecule has 0 aliphatic heterocycles. The van der Waals surface area contributed by atoms with Crippen molar-refractivity contribution in [2.24, 2.45) is 7.05 Å². The summed E-state index contributed by atoms with van der Waals surface area (Å²) in [5.41, 5.74) is 4.48. The Labute approximate surface area is 99.9 Å². The van der Waals surface area contributed by atoms with Crippen molar-refractivity contribution in [3.05, 3.63) is 54.1 Å². The molecule has 0 aliphatic carbocycles. The van der Waals surface area contributed by atoms with Gasteiger partial charge in [0.2, 0.25) is 11.0 Å². The molecule has 0 aliphatic rings. The van der Waals surface area contributed by atoms with Crippen LogP contribution in [0.5, 0.6) is 0 Å². The largest absolute Gasteiger partial charge is 0.249 e. The van der Waals surface area contributed by atoms with Gasteiger partial charge in [0.15, 0.2) is 0 Å². The number of aromatic nitrogens is 3. The van der Waals surface area contributed by atoms with E-state index in [-0.39, 0.29) is 0 Å². The van der Waals surface area contributed by atoms with Gasteiger partial charge in [0.05, 0.1) is 5.10 Å². The summed E-state index contributed by atoms with van der Waals surface area (Å²) in [5, 5.41) is 4.62. The Bertz CT molecular complexity index is 683. The van der Waals surface area contributed by atoms with Crippen molar-refractivity contribution in [1.82, 2.24) is 9.90 Å². The van der Waals surface area contributed by atoms with E-state index >= 15 is 0 Å². The fourth-order valence-electron chi connectivity index (χ4n) is 2.10. The van der Waals surface area contributed by atoms with Gasteiger partial charge in [-0.2, -0.15) is 4.68 Å². The lowest BCUT2D eigenvalue weighted by molar-refractivity contribution is -0.725. The van der Waals surface area contributed by atoms with Crippen LogP contribution in [0.3, 0.4) is 0 Å². The van der Waals surface area contributed by atoms with Crippen molar-refractivity contribution in [2.45, 2.75) is 6.92 Å². The second-order valence-corrected chi connectivity index (χ2v) is 4.19. The van der Waals surface area contributed by atoms with E-state index in [1.165, 1.54) is 5.56 Å². The third-order valence-corrected chi connectivity index (χ3v) is 3.05. The quantitative estimate of drug-likeness (QED) is 0.580. The predicted octanol–water partition coefficient (Wildman–Crippen LogP) is 2.16. The first-order chi connectivity index (χ1) is 8.27. The number of benzene rings is 2. The molecule has 0 fully saturated rings. The predicted molar refractivity (Wildman–Crippen MR) is 67.0 cm³/mol. The first-order valence-corrected chi connectivity index (χ1v) is 5.67. The lowest BCUT2D eigenvalue weighted by Gasteiger charge is -2.01. The molecule has 3 rings (SSSR count). The van der Waals surface area contributed by atoms with Crippen LogP contribution in [0.2, 0.25) is 0 Å². The molecule has 0 N–H and O–H groups in total. The van der Waals surface area contributed by atoms with E-state index in [2.05, 4.69) is 34.9 Å². The number of hydrogen-bond donors (Lipinski definition) is 0. The first-order valence-electron chi connectivity index (χ1n) is 5.67. The topological polar surface area (TPSA) is 21.7 Å². The van der Waals surface area contributed by atoms with Crippen LogP contribution >= 0.6 is 0 Å². The monoisotopic (exact) mass is 224 g/mol. The van der Waals surface area contributed by atoms with Gasteiger partial charge in [-0.3, -0.25) is 0 Å². The van der Waals surface area contributed by atoms with E-state index in [1.54, 1.807) is 0 Å². The summed E-state index contributed by atoms with van der Waals surface area (Å²) in [6, 6.07) is 16.4. The summed E-state index contributed by atoms with van der Waals surface area (Å²) >= 11 is 0. The van der Waals surface area contributed by atoms with Gasteiger partial charge in [-0.1, -0.05) is 30.3 Å². The summed E-state index contributed by atoms with van der Waals surface area (Å²) in [7, 11) is 2.03. The smallest absolute Gasteiger partial charge is 0.151 e. The molecule has 0 saturated heterocycles. The molecule has 17 heavy (non-hydrogen) atoms. The van der Waals surface area contributed by atoms with E-state index in [9.17, 15) is 0 Å². The van der Waals surface area contributed by atoms with Gasteiger partial charge in [0.25, 0.3) is 0 Å². The van der Waals surface area contributed by atoms with Crippen LogP contribution in [0.25, 0.3) is 16.7 Å². The Morgan fingerprint density at radius 3 is 2.47 bits per heavy atom. The zero-order valence-electron chi connectivity index (χ0n) is 9.96. The Kier molecular flexibility index (Phi) is 2.18. The minimum Gasteiger partial charge on any atom is -0.151 e. The number of fused-ring (bicyclic) bond motifs is 1. The van der Waals surface area contributed by atoms with Crippen molar-refractivity contribution in [3.8, 4) is 5.69 Å². The van der Waals surface area contributed by atoms with Crippen LogP contribution in [0.15, 0.2) is 48.5 Å². The number of aryl methyl sites for hydroxylation is 2. The number of nitrogens with zero attached hydrogens (tertiary/aromatic N) is 3. The van der Waals surface area contributed by atoms with Crippen LogP contribution in [0.1, 0.15) is 5.56 Å². The molecule has 3 nitrogen and oxygen atoms in total. The fourth-order valence-corrected chi connectivity index (χ4v) is 2.10. The zero-order chi connectivity index (χ0) is 11.8. The van der Waals surface area contributed by atoms with Crippen molar-refractivity contribution in [2.75, 3.05) is 0 Å². The summed E-state index contributed by atoms with van der Waals surface area (Å²) in [6.07, 6.45) is 0. The van der Waals surface area contributed by atoms with E-state index in [4.69, 9.17) is 0 Å². The minimum absolute atomic E-state index is 1.01. The van der Waals surface area contributed by atoms with Gasteiger partial charge in [-0.15, -0.1) is 0 Å². The molecular weight excluding hydrogens is 210 g/mol. The third kappa shape index (κ3) is 1.51. The molecule has 0 bridgehead atoms. The highest BCUT2D eigenvalue weighted by molar-refractivity contribution is 5.70. The van der Waals surface area contributed by atoms with Crippen LogP contribution in [0.4, 0.5) is 0 Å². The molecule has 0 saturated carbocycles. The molecule has 2 aromatic carbocycles. The normalized spacial score (nSPS) is 10.9. The van der Waals surface area contributed by atoms with E-state index in [1.807, 2.05) is 42.2 Å². The van der Waals surface area contributed by atoms with E-state index in [0.717, 1.165) is 16.7 Å². The van der Waals surface area contributed by atoms with Crippen molar-refractivity contribution < 1.29 is 4.68 Å². The van der Waals surface area contributed by atoms with E-state index < -0.39 is 0 Å². The molecule has 0 amide bonds. The molecule has 0 atom stereocenters. The molecule has 3 heteroatoms. The maximum atomic E-state index is 4.62. The zero-order valence-corrected chi connectivity index (χ0v) is 9.96. The standard InChI is InChI=1S/C14H14N3/c1-11-7-3-5-9-13(11)17-15-12-8-4-6-10-14(12)16(17)2/h3-10H,1-2H3/q+1. The summed E-state index contributed by atoms with van der Waals surface area (Å²) in [6.45, 7) is 2.10. The molecule has 3 aromatic rings. The Morgan fingerprint density at radius 1 is 1.00 bits per heavy atom. The van der Waals surface area contributed by atoms with Crippen LogP contribution in [0, 0.1) is 6.92 Å². The second-order valence-electron chi connectivity index (χ2n) is 4.19. The van der Waals surface area contributed by atoms with Gasteiger partial charge in [-0.05, 0) is 35.5 Å². The first kappa shape index (κ1) is 10.0. The molecular formula is C14H14N3+. The Morgan fingerprint density at radius 2 is 1.71 bits per heavy atom. The molecule has 0 spiro atoms. The third-order valence-electron chi connectivity index (χ3n) is 3.05. The number of para-hydroxylation sites is 2. The number of rotatable bonds is 1. The van der Waals surface area contributed by atoms with E-state index in [0.29, 0.717) is 0 Å². The number of hydrogen-bond acceptors (Lipinski definition) is 1. The lowest BCUT2D eigenvalue weighted by Crippen LogP contribution is -2.39. The van der Waals surface area contributed by atoms with Crippen molar-refractivity contribution in [1.29, 1.82) is 0 Å². The molecule has 1 heterocycles. The van der Waals surface area contributed by atoms with Crippen LogP contribution in [-0.2, 0) is 7.05 Å². The SMILES string of the molecule is Cc1ccccc1-n1nc2ccccc2[n+]1C. The van der Waals surface area contributed by atoms with Gasteiger partial charge in [-0.25, -0.2) is 0 Å². The molecule has 84 valence electrons. The van der Waals surface area contributed by atoms with Crippen molar-refractivity contribution >= 4 is 11.0 Å². The molecule has 1 aromatic heterocycles. The fraction of sp³-hybridized carbons (Fsp3) is 0.143. The van der Waals surface area contributed by atoms with Crippen LogP contribution < -0.4 is 4.68 Å². The minimum atomic E-state index is 1.01. The average Bonchev–Trinajstić information content (AvgIpc) is 2.68. The molecule has 0 radical (unpaired) electrons.